The number of rotatable bonds is 7. The van der Waals surface area contributed by atoms with Crippen molar-refractivity contribution in [2.45, 2.75) is 52.1 Å². The molecule has 0 aliphatic carbocycles. The van der Waals surface area contributed by atoms with Gasteiger partial charge in [0.05, 0.1) is 6.07 Å². The lowest BCUT2D eigenvalue weighted by atomic mass is 9.87. The number of hydrogen-bond donors (Lipinski definition) is 4. The second-order valence-electron chi connectivity index (χ2n) is 9.41. The van der Waals surface area contributed by atoms with E-state index in [0.717, 1.165) is 10.9 Å². The first kappa shape index (κ1) is 23.6. The molecule has 0 radical (unpaired) electrons. The molecule has 3 amide bonds. The van der Waals surface area contributed by atoms with Crippen LogP contribution in [0.1, 0.15) is 50.5 Å². The molecule has 3 rings (SSSR count). The Kier molecular flexibility index (Phi) is 7.09. The number of nitrogens with zero attached hydrogens (tertiary/aromatic N) is 1. The normalized spacial score (nSPS) is 18.0. The highest BCUT2D eigenvalue weighted by atomic mass is 35.5. The lowest BCUT2D eigenvalue weighted by Gasteiger charge is -2.27. The van der Waals surface area contributed by atoms with Crippen LogP contribution in [0.4, 0.5) is 0 Å². The molecule has 32 heavy (non-hydrogen) atoms. The Labute approximate surface area is 192 Å². The van der Waals surface area contributed by atoms with Gasteiger partial charge in [-0.1, -0.05) is 32.4 Å². The zero-order chi connectivity index (χ0) is 23.5. The van der Waals surface area contributed by atoms with Gasteiger partial charge in [0.2, 0.25) is 11.8 Å². The lowest BCUT2D eigenvalue weighted by molar-refractivity contribution is -0.125. The molecule has 0 saturated carbocycles. The number of nitrogens with one attached hydrogen (secondary N) is 4. The predicted octanol–water partition coefficient (Wildman–Crippen LogP) is 2.89. The van der Waals surface area contributed by atoms with Gasteiger partial charge < -0.3 is 20.9 Å². The Morgan fingerprint density at radius 1 is 1.28 bits per heavy atom. The number of hydrogen-bond acceptors (Lipinski definition) is 4. The minimum absolute atomic E-state index is 0.0991. The summed E-state index contributed by atoms with van der Waals surface area (Å²) < 4.78 is 0. The second kappa shape index (κ2) is 9.61. The number of carbonyl (C=O) groups excluding carboxylic acids is 3. The van der Waals surface area contributed by atoms with E-state index in [1.54, 1.807) is 24.3 Å². The minimum Gasteiger partial charge on any atom is -0.356 e. The Hall–Kier alpha value is -3.05. The van der Waals surface area contributed by atoms with Gasteiger partial charge >= 0.3 is 0 Å². The molecule has 0 spiro atoms. The van der Waals surface area contributed by atoms with Gasteiger partial charge in [0.25, 0.3) is 5.91 Å². The van der Waals surface area contributed by atoms with Crippen molar-refractivity contribution in [2.75, 3.05) is 6.54 Å². The molecule has 2 heterocycles. The van der Waals surface area contributed by atoms with E-state index in [-0.39, 0.29) is 23.7 Å². The van der Waals surface area contributed by atoms with E-state index >= 15 is 0 Å². The van der Waals surface area contributed by atoms with Gasteiger partial charge in [-0.15, -0.1) is 0 Å². The highest BCUT2D eigenvalue weighted by molar-refractivity contribution is 6.31. The molecule has 1 saturated heterocycles. The number of benzene rings is 1. The van der Waals surface area contributed by atoms with Gasteiger partial charge in [-0.2, -0.15) is 5.26 Å². The number of halogens is 1. The number of amides is 3. The van der Waals surface area contributed by atoms with E-state index in [1.807, 2.05) is 20.8 Å². The number of nitriles is 1. The molecule has 8 nitrogen and oxygen atoms in total. The molecular formula is C23H28ClN5O3. The summed E-state index contributed by atoms with van der Waals surface area (Å²) in [6.45, 7) is 6.48. The van der Waals surface area contributed by atoms with E-state index in [2.05, 4.69) is 27.0 Å². The summed E-state index contributed by atoms with van der Waals surface area (Å²) in [5, 5.41) is 19.1. The van der Waals surface area contributed by atoms with Gasteiger partial charge in [-0.3, -0.25) is 14.4 Å². The molecule has 2 aromatic rings. The first-order chi connectivity index (χ1) is 15.1. The van der Waals surface area contributed by atoms with Crippen LogP contribution in [0.25, 0.3) is 10.9 Å². The third-order valence-electron chi connectivity index (χ3n) is 5.42. The Balaban J connectivity index is 1.72. The molecule has 1 aliphatic heterocycles. The first-order valence-corrected chi connectivity index (χ1v) is 11.0. The van der Waals surface area contributed by atoms with Gasteiger partial charge in [0.1, 0.15) is 17.8 Å². The summed E-state index contributed by atoms with van der Waals surface area (Å²) >= 11 is 6.02. The number of fused-ring (bicyclic) bond motifs is 1. The van der Waals surface area contributed by atoms with Crippen LogP contribution in [0.5, 0.6) is 0 Å². The van der Waals surface area contributed by atoms with Crippen molar-refractivity contribution < 1.29 is 14.4 Å². The maximum absolute atomic E-state index is 13.0. The number of aromatic amines is 1. The summed E-state index contributed by atoms with van der Waals surface area (Å²) in [5.74, 6) is -1.27. The number of H-pyrrole nitrogens is 1. The summed E-state index contributed by atoms with van der Waals surface area (Å²) in [4.78, 5) is 40.8. The van der Waals surface area contributed by atoms with Crippen molar-refractivity contribution in [1.29, 1.82) is 5.26 Å². The van der Waals surface area contributed by atoms with Gasteiger partial charge in [0, 0.05) is 28.4 Å². The maximum atomic E-state index is 13.0. The lowest BCUT2D eigenvalue weighted by Crippen LogP contribution is -2.51. The Bertz CT molecular complexity index is 1070. The van der Waals surface area contributed by atoms with Crippen molar-refractivity contribution in [3.8, 4) is 6.07 Å². The zero-order valence-corrected chi connectivity index (χ0v) is 19.2. The average molecular weight is 458 g/mol. The van der Waals surface area contributed by atoms with E-state index in [4.69, 9.17) is 11.6 Å². The summed E-state index contributed by atoms with van der Waals surface area (Å²) in [6, 6.07) is 7.35. The Morgan fingerprint density at radius 3 is 2.66 bits per heavy atom. The maximum Gasteiger partial charge on any atom is 0.268 e. The van der Waals surface area contributed by atoms with Crippen molar-refractivity contribution in [1.82, 2.24) is 20.9 Å². The van der Waals surface area contributed by atoms with Crippen LogP contribution in [0.2, 0.25) is 5.02 Å². The van der Waals surface area contributed by atoms with E-state index < -0.39 is 23.9 Å². The molecule has 170 valence electrons. The fourth-order valence-electron chi connectivity index (χ4n) is 3.85. The third kappa shape index (κ3) is 6.01. The topological polar surface area (TPSA) is 127 Å². The number of carbonyl (C=O) groups is 3. The molecule has 1 aromatic carbocycles. The molecule has 1 aliphatic rings. The smallest absolute Gasteiger partial charge is 0.268 e. The van der Waals surface area contributed by atoms with E-state index in [9.17, 15) is 19.6 Å². The third-order valence-corrected chi connectivity index (χ3v) is 5.66. The van der Waals surface area contributed by atoms with E-state index in [0.29, 0.717) is 30.1 Å². The molecule has 9 heteroatoms. The molecule has 1 aromatic heterocycles. The summed E-state index contributed by atoms with van der Waals surface area (Å²) in [5.41, 5.74) is 0.820. The van der Waals surface area contributed by atoms with Gasteiger partial charge in [0.15, 0.2) is 0 Å². The standard InChI is InChI=1S/C23H28ClN5O3/c1-23(2,3)11-19(22(32)27-16(12-25)9-13-6-7-26-20(13)30)29-21(31)18-10-14-8-15(24)4-5-17(14)28-18/h4-5,8,10,13,16,19,28H,6-7,9,11H2,1-3H3,(H,26,30)(H,27,32)(H,29,31)/t13-,16-,19-/m0/s1. The van der Waals surface area contributed by atoms with Gasteiger partial charge in [-0.05, 0) is 48.9 Å². The van der Waals surface area contributed by atoms with Crippen LogP contribution in [-0.2, 0) is 9.59 Å². The number of aromatic nitrogens is 1. The zero-order valence-electron chi connectivity index (χ0n) is 18.4. The highest BCUT2D eigenvalue weighted by Gasteiger charge is 2.31. The largest absolute Gasteiger partial charge is 0.356 e. The van der Waals surface area contributed by atoms with Crippen molar-refractivity contribution >= 4 is 40.2 Å². The molecule has 4 N–H and O–H groups in total. The molecule has 1 fully saturated rings. The van der Waals surface area contributed by atoms with Gasteiger partial charge in [-0.25, -0.2) is 0 Å². The quantitative estimate of drug-likeness (QED) is 0.509. The van der Waals surface area contributed by atoms with Crippen LogP contribution >= 0.6 is 11.6 Å². The van der Waals surface area contributed by atoms with Crippen LogP contribution in [-0.4, -0.2) is 41.3 Å². The van der Waals surface area contributed by atoms with Crippen molar-refractivity contribution in [2.24, 2.45) is 11.3 Å². The van der Waals surface area contributed by atoms with Crippen LogP contribution in [0.15, 0.2) is 24.3 Å². The van der Waals surface area contributed by atoms with Crippen molar-refractivity contribution in [3.05, 3.63) is 35.0 Å². The molecule has 3 atom stereocenters. The Morgan fingerprint density at radius 2 is 2.03 bits per heavy atom. The SMILES string of the molecule is CC(C)(C)C[C@H](NC(=O)c1cc2cc(Cl)ccc2[nH]1)C(=O)N[C@H](C#N)C[C@@H]1CCNC1=O. The van der Waals surface area contributed by atoms with Crippen molar-refractivity contribution in [3.63, 3.8) is 0 Å². The van der Waals surface area contributed by atoms with Crippen LogP contribution < -0.4 is 16.0 Å². The predicted molar refractivity (Wildman–Crippen MR) is 122 cm³/mol. The fourth-order valence-corrected chi connectivity index (χ4v) is 4.03. The molecular weight excluding hydrogens is 430 g/mol. The highest BCUT2D eigenvalue weighted by Crippen LogP contribution is 2.23. The minimum atomic E-state index is -0.842. The van der Waals surface area contributed by atoms with Crippen LogP contribution in [0, 0.1) is 22.7 Å². The van der Waals surface area contributed by atoms with Crippen LogP contribution in [0.3, 0.4) is 0 Å². The fraction of sp³-hybridized carbons (Fsp3) is 0.478. The second-order valence-corrected chi connectivity index (χ2v) is 9.84. The van der Waals surface area contributed by atoms with E-state index in [1.165, 1.54) is 0 Å². The monoisotopic (exact) mass is 457 g/mol. The summed E-state index contributed by atoms with van der Waals surface area (Å²) in [7, 11) is 0. The molecule has 0 unspecified atom stereocenters. The molecule has 0 bridgehead atoms. The summed E-state index contributed by atoms with van der Waals surface area (Å²) in [6.07, 6.45) is 1.26. The first-order valence-electron chi connectivity index (χ1n) is 10.6. The average Bonchev–Trinajstić information content (AvgIpc) is 3.31.